The second kappa shape index (κ2) is 7.65. The molecule has 0 saturated carbocycles. The summed E-state index contributed by atoms with van der Waals surface area (Å²) < 4.78 is 4.79. The molecule has 3 aliphatic heterocycles. The predicted molar refractivity (Wildman–Crippen MR) is 133 cm³/mol. The van der Waals surface area contributed by atoms with Crippen molar-refractivity contribution in [2.45, 2.75) is 16.2 Å². The van der Waals surface area contributed by atoms with Gasteiger partial charge in [0.1, 0.15) is 14.8 Å². The van der Waals surface area contributed by atoms with Gasteiger partial charge in [0, 0.05) is 49.7 Å². The molecule has 3 aliphatic rings. The fourth-order valence-electron chi connectivity index (χ4n) is 5.69. The van der Waals surface area contributed by atoms with Crippen LogP contribution in [0.1, 0.15) is 17.0 Å². The van der Waals surface area contributed by atoms with E-state index in [9.17, 15) is 9.59 Å². The molecular weight excluding hydrogens is 456 g/mol. The maximum Gasteiger partial charge on any atom is 0.254 e. The summed E-state index contributed by atoms with van der Waals surface area (Å²) in [4.78, 5) is 38.0. The summed E-state index contributed by atoms with van der Waals surface area (Å²) in [6.07, 6.45) is 5.10. The van der Waals surface area contributed by atoms with E-state index in [-0.39, 0.29) is 17.7 Å². The van der Waals surface area contributed by atoms with Crippen molar-refractivity contribution >= 4 is 45.8 Å². The number of amides is 2. The fourth-order valence-corrected chi connectivity index (χ4v) is 7.83. The number of hydrogen-bond acceptors (Lipinski definition) is 7. The zero-order valence-corrected chi connectivity index (χ0v) is 20.3. The lowest BCUT2D eigenvalue weighted by molar-refractivity contribution is -0.138. The van der Waals surface area contributed by atoms with Crippen LogP contribution in [0.4, 0.5) is 5.69 Å². The van der Waals surface area contributed by atoms with Gasteiger partial charge in [-0.25, -0.2) is 0 Å². The van der Waals surface area contributed by atoms with Crippen LogP contribution in [0, 0.1) is 0 Å². The van der Waals surface area contributed by atoms with E-state index in [0.717, 1.165) is 16.8 Å². The van der Waals surface area contributed by atoms with Gasteiger partial charge in [-0.05, 0) is 42.9 Å². The van der Waals surface area contributed by atoms with E-state index in [1.165, 1.54) is 11.8 Å². The number of hydrogen-bond donors (Lipinski definition) is 0. The number of aromatic nitrogens is 1. The third-order valence-corrected chi connectivity index (χ3v) is 9.02. The number of anilines is 1. The maximum atomic E-state index is 14.4. The Morgan fingerprint density at radius 3 is 2.64 bits per heavy atom. The molecule has 1 aromatic heterocycles. The minimum Gasteiger partial charge on any atom is -0.497 e. The van der Waals surface area contributed by atoms with Crippen molar-refractivity contribution in [3.05, 3.63) is 66.5 Å². The molecule has 2 spiro atoms. The molecule has 0 N–H and O–H groups in total. The zero-order chi connectivity index (χ0) is 23.5. The number of thiocarbonyl (C=S) groups is 1. The van der Waals surface area contributed by atoms with Gasteiger partial charge in [-0.3, -0.25) is 24.4 Å². The van der Waals surface area contributed by atoms with Crippen LogP contribution in [0.15, 0.2) is 55.4 Å². The molecule has 0 aliphatic carbocycles. The van der Waals surface area contributed by atoms with Crippen molar-refractivity contribution in [3.8, 4) is 5.75 Å². The lowest BCUT2D eigenvalue weighted by Crippen LogP contribution is -2.62. The Balaban J connectivity index is 1.84. The van der Waals surface area contributed by atoms with E-state index < -0.39 is 10.3 Å². The number of ether oxygens (including phenoxy) is 1. The summed E-state index contributed by atoms with van der Waals surface area (Å²) >= 11 is 7.03. The first-order valence-electron chi connectivity index (χ1n) is 10.6. The highest BCUT2D eigenvalue weighted by Gasteiger charge is 2.78. The summed E-state index contributed by atoms with van der Waals surface area (Å²) in [7, 11) is 5.27. The molecule has 7 nitrogen and oxygen atoms in total. The van der Waals surface area contributed by atoms with Gasteiger partial charge < -0.3 is 9.64 Å². The molecule has 2 amide bonds. The molecular formula is C24H24N4O3S2. The Morgan fingerprint density at radius 1 is 1.24 bits per heavy atom. The summed E-state index contributed by atoms with van der Waals surface area (Å²) in [5.74, 6) is 0.0354. The Labute approximate surface area is 202 Å². The van der Waals surface area contributed by atoms with Crippen LogP contribution >= 0.6 is 24.0 Å². The molecule has 2 saturated heterocycles. The molecule has 5 rings (SSSR count). The summed E-state index contributed by atoms with van der Waals surface area (Å²) in [6.45, 7) is 4.60. The second-order valence-corrected chi connectivity index (χ2v) is 10.4. The number of carbonyl (C=O) groups is 2. The molecule has 3 atom stereocenters. The average molecular weight is 481 g/mol. The zero-order valence-electron chi connectivity index (χ0n) is 18.6. The number of likely N-dealkylation sites (tertiary alicyclic amines) is 1. The minimum atomic E-state index is -1.25. The van der Waals surface area contributed by atoms with Gasteiger partial charge in [0.25, 0.3) is 5.91 Å². The standard InChI is InChI=1S/C24H24N4O3S2/c1-5-12-28-21(30)24(33-22(28)32)18(15-8-10-25-11-9-15)14-26(2)23(24)17-13-16(31-4)6-7-19(17)27(3)20(23)29/h5-11,13,18H,1,12,14H2,2-4H3/t18-,23-,24-/m1/s1. The van der Waals surface area contributed by atoms with Gasteiger partial charge in [-0.15, -0.1) is 6.58 Å². The molecule has 0 bridgehead atoms. The lowest BCUT2D eigenvalue weighted by Gasteiger charge is -2.42. The first kappa shape index (κ1) is 22.1. The third kappa shape index (κ3) is 2.61. The molecule has 1 aromatic carbocycles. The lowest BCUT2D eigenvalue weighted by atomic mass is 9.72. The summed E-state index contributed by atoms with van der Waals surface area (Å²) in [6, 6.07) is 9.44. The first-order valence-corrected chi connectivity index (χ1v) is 11.8. The number of likely N-dealkylation sites (N-methyl/N-ethyl adjacent to an activating group) is 2. The molecule has 0 radical (unpaired) electrons. The van der Waals surface area contributed by atoms with Crippen LogP contribution < -0.4 is 9.64 Å². The quantitative estimate of drug-likeness (QED) is 0.493. The van der Waals surface area contributed by atoms with Crippen molar-refractivity contribution in [3.63, 3.8) is 0 Å². The number of fused-ring (bicyclic) bond motifs is 3. The first-order chi connectivity index (χ1) is 15.8. The van der Waals surface area contributed by atoms with Gasteiger partial charge >= 0.3 is 0 Å². The van der Waals surface area contributed by atoms with E-state index in [2.05, 4.69) is 11.6 Å². The molecule has 0 unspecified atom stereocenters. The van der Waals surface area contributed by atoms with Crippen LogP contribution in [0.2, 0.25) is 0 Å². The predicted octanol–water partition coefficient (Wildman–Crippen LogP) is 2.78. The topological polar surface area (TPSA) is 66.0 Å². The van der Waals surface area contributed by atoms with Crippen LogP contribution in [-0.2, 0) is 15.1 Å². The number of benzene rings is 1. The Kier molecular flexibility index (Phi) is 5.11. The van der Waals surface area contributed by atoms with Gasteiger partial charge in [0.15, 0.2) is 5.54 Å². The van der Waals surface area contributed by atoms with Crippen LogP contribution in [0.5, 0.6) is 5.75 Å². The molecule has 33 heavy (non-hydrogen) atoms. The monoisotopic (exact) mass is 480 g/mol. The molecule has 170 valence electrons. The van der Waals surface area contributed by atoms with Crippen LogP contribution in [0.3, 0.4) is 0 Å². The van der Waals surface area contributed by atoms with Crippen molar-refractivity contribution in [2.24, 2.45) is 0 Å². The normalized spacial score (nSPS) is 28.9. The highest BCUT2D eigenvalue weighted by molar-refractivity contribution is 8.25. The van der Waals surface area contributed by atoms with Gasteiger partial charge in [0.05, 0.1) is 7.11 Å². The van der Waals surface area contributed by atoms with Crippen LogP contribution in [0.25, 0.3) is 0 Å². The highest BCUT2D eigenvalue weighted by Crippen LogP contribution is 2.66. The van der Waals surface area contributed by atoms with Gasteiger partial charge in [-0.1, -0.05) is 30.1 Å². The average Bonchev–Trinajstić information content (AvgIpc) is 3.33. The SMILES string of the molecule is C=CCN1C(=O)[C@]2(SC1=S)[C@@H](c1ccncc1)CN(C)[C@]21C(=O)N(C)c2ccc(OC)cc21. The van der Waals surface area contributed by atoms with Gasteiger partial charge in [-0.2, -0.15) is 0 Å². The van der Waals surface area contributed by atoms with Crippen molar-refractivity contribution in [1.29, 1.82) is 0 Å². The Hall–Kier alpha value is -2.75. The van der Waals surface area contributed by atoms with Crippen molar-refractivity contribution in [1.82, 2.24) is 14.8 Å². The Morgan fingerprint density at radius 2 is 1.97 bits per heavy atom. The molecule has 2 aromatic rings. The second-order valence-electron chi connectivity index (χ2n) is 8.48. The molecule has 4 heterocycles. The number of carbonyl (C=O) groups excluding carboxylic acids is 2. The fraction of sp³-hybridized carbons (Fsp3) is 0.333. The molecule has 2 fully saturated rings. The smallest absolute Gasteiger partial charge is 0.254 e. The van der Waals surface area contributed by atoms with Crippen LogP contribution in [-0.4, -0.2) is 70.0 Å². The van der Waals surface area contributed by atoms with Crippen molar-refractivity contribution in [2.75, 3.05) is 39.2 Å². The molecule has 9 heteroatoms. The van der Waals surface area contributed by atoms with Gasteiger partial charge in [0.2, 0.25) is 5.91 Å². The largest absolute Gasteiger partial charge is 0.497 e. The number of nitrogens with zero attached hydrogens (tertiary/aromatic N) is 4. The highest BCUT2D eigenvalue weighted by atomic mass is 32.2. The number of thioether (sulfide) groups is 1. The van der Waals surface area contributed by atoms with Crippen molar-refractivity contribution < 1.29 is 14.3 Å². The van der Waals surface area contributed by atoms with E-state index in [1.807, 2.05) is 42.3 Å². The number of rotatable bonds is 4. The van der Waals surface area contributed by atoms with E-state index >= 15 is 0 Å². The Bertz CT molecular complexity index is 1190. The third-order valence-electron chi connectivity index (χ3n) is 7.08. The number of methoxy groups -OCH3 is 1. The summed E-state index contributed by atoms with van der Waals surface area (Å²) in [5, 5.41) is 0. The van der Waals surface area contributed by atoms with E-state index in [1.54, 1.807) is 42.4 Å². The number of pyridine rings is 1. The minimum absolute atomic E-state index is 0.145. The van der Waals surface area contributed by atoms with E-state index in [0.29, 0.717) is 23.2 Å². The summed E-state index contributed by atoms with van der Waals surface area (Å²) in [5.41, 5.74) is 1.23. The maximum absolute atomic E-state index is 14.4. The van der Waals surface area contributed by atoms with E-state index in [4.69, 9.17) is 17.0 Å².